The Morgan fingerprint density at radius 2 is 2.13 bits per heavy atom. The Bertz CT molecular complexity index is 736. The fourth-order valence-electron chi connectivity index (χ4n) is 2.90. The minimum atomic E-state index is -1.84. The van der Waals surface area contributed by atoms with Crippen LogP contribution in [0.5, 0.6) is 0 Å². The topological polar surface area (TPSA) is 167 Å². The fraction of sp³-hybridized carbons (Fsp3) is 0.500. The molecule has 0 radical (unpaired) electrons. The van der Waals surface area contributed by atoms with E-state index in [1.165, 1.54) is 24.0 Å². The summed E-state index contributed by atoms with van der Waals surface area (Å²) in [6.07, 6.45) is -0.943. The highest BCUT2D eigenvalue weighted by molar-refractivity contribution is 6.62. The van der Waals surface area contributed by atoms with Crippen molar-refractivity contribution in [3.05, 3.63) is 12.5 Å². The van der Waals surface area contributed by atoms with Gasteiger partial charge in [-0.05, 0) is 6.92 Å². The van der Waals surface area contributed by atoms with Crippen LogP contribution < -0.4 is 11.2 Å². The zero-order chi connectivity index (χ0) is 16.9. The van der Waals surface area contributed by atoms with Crippen LogP contribution in [0.25, 0.3) is 11.0 Å². The summed E-state index contributed by atoms with van der Waals surface area (Å²) in [4.78, 5) is 7.86. The van der Waals surface area contributed by atoms with Gasteiger partial charge in [-0.15, -0.1) is 0 Å². The molecule has 2 aromatic heterocycles. The van der Waals surface area contributed by atoms with E-state index < -0.39 is 37.8 Å². The SMILES string of the molecule is C[C@@]1(O)[C@H](O)[C@@H](CO)O[C@H]1n1cc(B(O)O)c2c(N)ncnc21. The highest BCUT2D eigenvalue weighted by Gasteiger charge is 2.53. The zero-order valence-corrected chi connectivity index (χ0v) is 12.2. The summed E-state index contributed by atoms with van der Waals surface area (Å²) in [5.41, 5.74) is 4.28. The predicted octanol–water partition coefficient (Wildman–Crippen LogP) is -3.31. The molecule has 23 heavy (non-hydrogen) atoms. The molecule has 0 unspecified atom stereocenters. The van der Waals surface area contributed by atoms with E-state index >= 15 is 0 Å². The Hall–Kier alpha value is -1.76. The molecule has 1 fully saturated rings. The van der Waals surface area contributed by atoms with Gasteiger partial charge in [0.1, 0.15) is 35.6 Å². The minimum Gasteiger partial charge on any atom is -0.423 e. The van der Waals surface area contributed by atoms with E-state index in [2.05, 4.69) is 9.97 Å². The molecule has 1 aliphatic rings. The van der Waals surface area contributed by atoms with Gasteiger partial charge >= 0.3 is 7.12 Å². The van der Waals surface area contributed by atoms with Crippen molar-refractivity contribution in [1.82, 2.24) is 14.5 Å². The Balaban J connectivity index is 2.19. The van der Waals surface area contributed by atoms with Crippen molar-refractivity contribution in [2.75, 3.05) is 12.3 Å². The van der Waals surface area contributed by atoms with Gasteiger partial charge in [-0.2, -0.15) is 0 Å². The first-order valence-electron chi connectivity index (χ1n) is 6.92. The van der Waals surface area contributed by atoms with E-state index in [1.807, 2.05) is 0 Å². The maximum Gasteiger partial charge on any atom is 0.490 e. The number of anilines is 1. The van der Waals surface area contributed by atoms with Crippen molar-refractivity contribution in [3.8, 4) is 0 Å². The summed E-state index contributed by atoms with van der Waals surface area (Å²) in [6, 6.07) is 0. The standard InChI is InChI=1S/C12H17BN4O6/c1-12(20)8(19)6(3-18)23-11(12)17-2-5(13(21)22)7-9(14)15-4-16-10(7)17/h2,4,6,8,11,18-22H,3H2,1H3,(H2,14,15,16)/t6-,8-,11-,12-/m1/s1. The largest absolute Gasteiger partial charge is 0.490 e. The molecule has 4 atom stereocenters. The number of rotatable bonds is 3. The molecule has 0 aromatic carbocycles. The summed E-state index contributed by atoms with van der Waals surface area (Å²) in [6.45, 7) is 0.864. The van der Waals surface area contributed by atoms with E-state index in [4.69, 9.17) is 10.5 Å². The summed E-state index contributed by atoms with van der Waals surface area (Å²) in [5, 5.41) is 49.1. The Morgan fingerprint density at radius 3 is 2.70 bits per heavy atom. The molecule has 0 amide bonds. The highest BCUT2D eigenvalue weighted by Crippen LogP contribution is 2.39. The molecule has 11 heteroatoms. The number of nitrogens with zero attached hydrogens (tertiary/aromatic N) is 3. The number of ether oxygens (including phenoxy) is 1. The maximum atomic E-state index is 10.5. The molecule has 0 bridgehead atoms. The van der Waals surface area contributed by atoms with Gasteiger partial charge < -0.3 is 40.4 Å². The lowest BCUT2D eigenvalue weighted by atomic mass is 9.80. The lowest BCUT2D eigenvalue weighted by molar-refractivity contribution is -0.0947. The molecule has 124 valence electrons. The van der Waals surface area contributed by atoms with Crippen LogP contribution in [0.2, 0.25) is 0 Å². The second kappa shape index (κ2) is 5.41. The number of aromatic nitrogens is 3. The first kappa shape index (κ1) is 16.1. The Morgan fingerprint density at radius 1 is 1.43 bits per heavy atom. The van der Waals surface area contributed by atoms with Crippen LogP contribution in [0.1, 0.15) is 13.2 Å². The smallest absolute Gasteiger partial charge is 0.423 e. The van der Waals surface area contributed by atoms with Crippen molar-refractivity contribution in [2.24, 2.45) is 0 Å². The second-order valence-electron chi connectivity index (χ2n) is 5.70. The van der Waals surface area contributed by atoms with E-state index in [1.54, 1.807) is 0 Å². The number of aliphatic hydroxyl groups excluding tert-OH is 2. The number of aliphatic hydroxyl groups is 3. The highest BCUT2D eigenvalue weighted by atomic mass is 16.6. The van der Waals surface area contributed by atoms with Gasteiger partial charge in [0, 0.05) is 11.7 Å². The summed E-state index contributed by atoms with van der Waals surface area (Å²) in [7, 11) is -1.84. The van der Waals surface area contributed by atoms with E-state index in [-0.39, 0.29) is 22.3 Å². The molecule has 10 nitrogen and oxygen atoms in total. The van der Waals surface area contributed by atoms with Crippen molar-refractivity contribution < 1.29 is 30.1 Å². The van der Waals surface area contributed by atoms with Crippen molar-refractivity contribution in [2.45, 2.75) is 31.0 Å². The first-order valence-corrected chi connectivity index (χ1v) is 6.92. The van der Waals surface area contributed by atoms with Gasteiger partial charge in [0.15, 0.2) is 6.23 Å². The Labute approximate surface area is 130 Å². The van der Waals surface area contributed by atoms with Gasteiger partial charge in [0.2, 0.25) is 0 Å². The van der Waals surface area contributed by atoms with Gasteiger partial charge in [-0.1, -0.05) is 0 Å². The molecule has 3 rings (SSSR count). The first-order chi connectivity index (χ1) is 10.8. The fourth-order valence-corrected chi connectivity index (χ4v) is 2.90. The number of nitrogens with two attached hydrogens (primary N) is 1. The number of hydrogen-bond donors (Lipinski definition) is 6. The quantitative estimate of drug-likeness (QED) is 0.317. The van der Waals surface area contributed by atoms with E-state index in [9.17, 15) is 25.4 Å². The van der Waals surface area contributed by atoms with Crippen LogP contribution in [-0.2, 0) is 4.74 Å². The van der Waals surface area contributed by atoms with E-state index in [0.717, 1.165) is 0 Å². The minimum absolute atomic E-state index is 0.0359. The van der Waals surface area contributed by atoms with Crippen molar-refractivity contribution >= 4 is 29.4 Å². The molecule has 1 aliphatic heterocycles. The van der Waals surface area contributed by atoms with Gasteiger partial charge in [-0.3, -0.25) is 0 Å². The van der Waals surface area contributed by atoms with Crippen LogP contribution in [0.4, 0.5) is 5.82 Å². The molecule has 7 N–H and O–H groups in total. The molecule has 3 heterocycles. The summed E-state index contributed by atoms with van der Waals surface area (Å²) < 4.78 is 6.85. The van der Waals surface area contributed by atoms with Gasteiger partial charge in [0.05, 0.1) is 12.0 Å². The molecule has 0 saturated carbocycles. The summed E-state index contributed by atoms with van der Waals surface area (Å²) >= 11 is 0. The predicted molar refractivity (Wildman–Crippen MR) is 79.4 cm³/mol. The lowest BCUT2D eigenvalue weighted by Crippen LogP contribution is -2.44. The molecule has 2 aromatic rings. The van der Waals surface area contributed by atoms with Crippen molar-refractivity contribution in [3.63, 3.8) is 0 Å². The van der Waals surface area contributed by atoms with E-state index in [0.29, 0.717) is 0 Å². The monoisotopic (exact) mass is 324 g/mol. The molecule has 0 spiro atoms. The molecule has 1 saturated heterocycles. The third kappa shape index (κ3) is 2.29. The second-order valence-corrected chi connectivity index (χ2v) is 5.70. The maximum absolute atomic E-state index is 10.5. The Kier molecular flexibility index (Phi) is 3.79. The lowest BCUT2D eigenvalue weighted by Gasteiger charge is -2.27. The van der Waals surface area contributed by atoms with Crippen LogP contribution in [-0.4, -0.2) is 71.4 Å². The average Bonchev–Trinajstić information content (AvgIpc) is 2.97. The normalized spacial score (nSPS) is 31.0. The number of nitrogen functional groups attached to an aromatic ring is 1. The number of hydrogen-bond acceptors (Lipinski definition) is 9. The van der Waals surface area contributed by atoms with Crippen LogP contribution in [0, 0.1) is 0 Å². The summed E-state index contributed by atoms with van der Waals surface area (Å²) in [5.74, 6) is 0.0359. The molecule has 0 aliphatic carbocycles. The number of fused-ring (bicyclic) bond motifs is 1. The van der Waals surface area contributed by atoms with Gasteiger partial charge in [0.25, 0.3) is 0 Å². The third-order valence-corrected chi connectivity index (χ3v) is 4.13. The van der Waals surface area contributed by atoms with Crippen LogP contribution in [0.15, 0.2) is 12.5 Å². The third-order valence-electron chi connectivity index (χ3n) is 4.13. The zero-order valence-electron chi connectivity index (χ0n) is 12.2. The van der Waals surface area contributed by atoms with Crippen LogP contribution >= 0.6 is 0 Å². The molecular weight excluding hydrogens is 307 g/mol. The van der Waals surface area contributed by atoms with Crippen LogP contribution in [0.3, 0.4) is 0 Å². The average molecular weight is 324 g/mol. The van der Waals surface area contributed by atoms with Crippen molar-refractivity contribution in [1.29, 1.82) is 0 Å². The van der Waals surface area contributed by atoms with Gasteiger partial charge in [-0.25, -0.2) is 9.97 Å². The molecular formula is C12H17BN4O6.